The van der Waals surface area contributed by atoms with Crippen LogP contribution >= 0.6 is 0 Å². The number of aromatic hydroxyl groups is 1. The zero-order valence-corrected chi connectivity index (χ0v) is 11.7. The van der Waals surface area contributed by atoms with Crippen LogP contribution in [-0.2, 0) is 0 Å². The molecule has 1 aromatic rings. The van der Waals surface area contributed by atoms with E-state index >= 15 is 0 Å². The number of aryl methyl sites for hydroxylation is 1. The first kappa shape index (κ1) is 14.6. The van der Waals surface area contributed by atoms with Crippen LogP contribution in [0.3, 0.4) is 0 Å². The van der Waals surface area contributed by atoms with Crippen LogP contribution in [0.15, 0.2) is 18.2 Å². The van der Waals surface area contributed by atoms with Gasteiger partial charge in [0.25, 0.3) is 5.91 Å². The van der Waals surface area contributed by atoms with Crippen LogP contribution in [0.2, 0.25) is 0 Å². The van der Waals surface area contributed by atoms with Crippen molar-refractivity contribution in [2.45, 2.75) is 52.5 Å². The molecule has 0 heterocycles. The van der Waals surface area contributed by atoms with Gasteiger partial charge in [-0.15, -0.1) is 0 Å². The van der Waals surface area contributed by atoms with E-state index in [1.165, 1.54) is 0 Å². The summed E-state index contributed by atoms with van der Waals surface area (Å²) in [5, 5.41) is 12.9. The van der Waals surface area contributed by atoms with Gasteiger partial charge in [0, 0.05) is 5.54 Å². The third-order valence-electron chi connectivity index (χ3n) is 3.81. The lowest BCUT2D eigenvalue weighted by atomic mass is 9.89. The van der Waals surface area contributed by atoms with E-state index in [9.17, 15) is 9.90 Å². The van der Waals surface area contributed by atoms with E-state index in [4.69, 9.17) is 0 Å². The fraction of sp³-hybridized carbons (Fsp3) is 0.533. The molecule has 0 aliphatic rings. The topological polar surface area (TPSA) is 49.3 Å². The second kappa shape index (κ2) is 5.89. The maximum atomic E-state index is 12.2. The van der Waals surface area contributed by atoms with Crippen molar-refractivity contribution in [3.05, 3.63) is 29.3 Å². The number of hydrogen-bond acceptors (Lipinski definition) is 2. The van der Waals surface area contributed by atoms with Gasteiger partial charge in [0.2, 0.25) is 0 Å². The van der Waals surface area contributed by atoms with Crippen molar-refractivity contribution in [1.29, 1.82) is 0 Å². The molecule has 0 aliphatic carbocycles. The van der Waals surface area contributed by atoms with Crippen LogP contribution in [0, 0.1) is 6.92 Å². The molecular weight excluding hydrogens is 226 g/mol. The molecule has 0 unspecified atom stereocenters. The minimum atomic E-state index is -0.196. The first-order chi connectivity index (χ1) is 8.48. The fourth-order valence-corrected chi connectivity index (χ4v) is 2.16. The first-order valence-electron chi connectivity index (χ1n) is 6.60. The van der Waals surface area contributed by atoms with Gasteiger partial charge in [0.1, 0.15) is 5.75 Å². The van der Waals surface area contributed by atoms with E-state index in [2.05, 4.69) is 26.1 Å². The Morgan fingerprint density at radius 1 is 1.22 bits per heavy atom. The van der Waals surface area contributed by atoms with Crippen LogP contribution in [0.4, 0.5) is 0 Å². The fourth-order valence-electron chi connectivity index (χ4n) is 2.16. The first-order valence-corrected chi connectivity index (χ1v) is 6.60. The van der Waals surface area contributed by atoms with E-state index in [0.29, 0.717) is 5.56 Å². The molecule has 3 heteroatoms. The Bertz CT molecular complexity index is 414. The van der Waals surface area contributed by atoms with Gasteiger partial charge in [-0.25, -0.2) is 0 Å². The number of nitrogens with one attached hydrogen (secondary N) is 1. The summed E-state index contributed by atoms with van der Waals surface area (Å²) >= 11 is 0. The van der Waals surface area contributed by atoms with Crippen molar-refractivity contribution in [2.75, 3.05) is 0 Å². The Hall–Kier alpha value is -1.51. The summed E-state index contributed by atoms with van der Waals surface area (Å²) < 4.78 is 0. The average molecular weight is 249 g/mol. The Kier molecular flexibility index (Phi) is 4.76. The molecule has 0 spiro atoms. The van der Waals surface area contributed by atoms with Crippen molar-refractivity contribution < 1.29 is 9.90 Å². The number of amides is 1. The van der Waals surface area contributed by atoms with Crippen molar-refractivity contribution in [3.8, 4) is 5.75 Å². The number of phenols is 1. The minimum Gasteiger partial charge on any atom is -0.507 e. The van der Waals surface area contributed by atoms with Crippen LogP contribution in [0.5, 0.6) is 5.75 Å². The van der Waals surface area contributed by atoms with E-state index in [-0.39, 0.29) is 17.2 Å². The number of rotatable bonds is 5. The van der Waals surface area contributed by atoms with Crippen LogP contribution in [0.25, 0.3) is 0 Å². The quantitative estimate of drug-likeness (QED) is 0.840. The second-order valence-electron chi connectivity index (χ2n) is 4.82. The molecule has 0 aromatic heterocycles. The molecule has 2 N–H and O–H groups in total. The highest BCUT2D eigenvalue weighted by atomic mass is 16.3. The molecule has 1 aromatic carbocycles. The van der Waals surface area contributed by atoms with E-state index < -0.39 is 0 Å². The average Bonchev–Trinajstić information content (AvgIpc) is 2.36. The highest BCUT2D eigenvalue weighted by molar-refractivity contribution is 5.97. The SMILES string of the molecule is CCC(CC)(CC)NC(=O)c1ccc(C)cc1O. The number of carbonyl (C=O) groups excluding carboxylic acids is 1. The third-order valence-corrected chi connectivity index (χ3v) is 3.81. The third kappa shape index (κ3) is 3.03. The maximum Gasteiger partial charge on any atom is 0.255 e. The van der Waals surface area contributed by atoms with Gasteiger partial charge in [-0.3, -0.25) is 4.79 Å². The second-order valence-corrected chi connectivity index (χ2v) is 4.82. The molecule has 0 saturated heterocycles. The predicted molar refractivity (Wildman–Crippen MR) is 73.9 cm³/mol. The Morgan fingerprint density at radius 3 is 2.22 bits per heavy atom. The van der Waals surface area contributed by atoms with Crippen molar-refractivity contribution in [2.24, 2.45) is 0 Å². The number of hydrogen-bond donors (Lipinski definition) is 2. The van der Waals surface area contributed by atoms with E-state index in [0.717, 1.165) is 24.8 Å². The van der Waals surface area contributed by atoms with Gasteiger partial charge >= 0.3 is 0 Å². The molecule has 0 radical (unpaired) electrons. The van der Waals surface area contributed by atoms with Crippen molar-refractivity contribution in [3.63, 3.8) is 0 Å². The molecule has 0 saturated carbocycles. The van der Waals surface area contributed by atoms with Crippen LogP contribution < -0.4 is 5.32 Å². The largest absolute Gasteiger partial charge is 0.507 e. The van der Waals surface area contributed by atoms with Crippen LogP contribution in [0.1, 0.15) is 56.0 Å². The predicted octanol–water partition coefficient (Wildman–Crippen LogP) is 3.40. The van der Waals surface area contributed by atoms with Gasteiger partial charge < -0.3 is 10.4 Å². The molecule has 0 atom stereocenters. The normalized spacial score (nSPS) is 11.3. The van der Waals surface area contributed by atoms with Crippen molar-refractivity contribution >= 4 is 5.91 Å². The summed E-state index contributed by atoms with van der Waals surface area (Å²) in [7, 11) is 0. The summed E-state index contributed by atoms with van der Waals surface area (Å²) in [6, 6.07) is 5.12. The van der Waals surface area contributed by atoms with Gasteiger partial charge in [-0.05, 0) is 43.9 Å². The zero-order valence-electron chi connectivity index (χ0n) is 11.7. The zero-order chi connectivity index (χ0) is 13.8. The number of phenolic OH excluding ortho intramolecular Hbond substituents is 1. The van der Waals surface area contributed by atoms with Gasteiger partial charge in [-0.2, -0.15) is 0 Å². The lowest BCUT2D eigenvalue weighted by molar-refractivity contribution is 0.0885. The summed E-state index contributed by atoms with van der Waals surface area (Å²) in [4.78, 5) is 12.2. The highest BCUT2D eigenvalue weighted by Crippen LogP contribution is 2.23. The number of benzene rings is 1. The van der Waals surface area contributed by atoms with Gasteiger partial charge in [-0.1, -0.05) is 26.8 Å². The van der Waals surface area contributed by atoms with Crippen LogP contribution in [-0.4, -0.2) is 16.6 Å². The standard InChI is InChI=1S/C15H23NO2/c1-5-15(6-2,7-3)16-14(18)12-9-8-11(4)10-13(12)17/h8-10,17H,5-7H2,1-4H3,(H,16,18). The van der Waals surface area contributed by atoms with E-state index in [1.54, 1.807) is 12.1 Å². The lowest BCUT2D eigenvalue weighted by Gasteiger charge is -2.31. The Morgan fingerprint density at radius 2 is 1.78 bits per heavy atom. The summed E-state index contributed by atoms with van der Waals surface area (Å²) in [6.45, 7) is 8.10. The Balaban J connectivity index is 2.94. The van der Waals surface area contributed by atoms with Gasteiger partial charge in [0.15, 0.2) is 0 Å². The highest BCUT2D eigenvalue weighted by Gasteiger charge is 2.27. The molecule has 3 nitrogen and oxygen atoms in total. The smallest absolute Gasteiger partial charge is 0.255 e. The molecule has 100 valence electrons. The summed E-state index contributed by atoms with van der Waals surface area (Å²) in [5.41, 5.74) is 1.12. The van der Waals surface area contributed by atoms with Gasteiger partial charge in [0.05, 0.1) is 5.56 Å². The van der Waals surface area contributed by atoms with Crippen molar-refractivity contribution in [1.82, 2.24) is 5.32 Å². The molecular formula is C15H23NO2. The summed E-state index contributed by atoms with van der Waals surface area (Å²) in [5.74, 6) is -0.150. The maximum absolute atomic E-state index is 12.2. The molecule has 18 heavy (non-hydrogen) atoms. The van der Waals surface area contributed by atoms with E-state index in [1.807, 2.05) is 13.0 Å². The molecule has 1 rings (SSSR count). The molecule has 0 fully saturated rings. The molecule has 0 bridgehead atoms. The molecule has 1 amide bonds. The monoisotopic (exact) mass is 249 g/mol. The summed E-state index contributed by atoms with van der Waals surface area (Å²) in [6.07, 6.45) is 2.66. The Labute approximate surface area is 109 Å². The number of carbonyl (C=O) groups is 1. The lowest BCUT2D eigenvalue weighted by Crippen LogP contribution is -2.47. The molecule has 0 aliphatic heterocycles. The minimum absolute atomic E-state index is 0.0460.